The van der Waals surface area contributed by atoms with Gasteiger partial charge in [0.25, 0.3) is 0 Å². The monoisotopic (exact) mass is 340 g/mol. The summed E-state index contributed by atoms with van der Waals surface area (Å²) in [6, 6.07) is 13.1. The van der Waals surface area contributed by atoms with E-state index in [4.69, 9.17) is 4.42 Å². The van der Waals surface area contributed by atoms with E-state index in [1.807, 2.05) is 53.2 Å². The summed E-state index contributed by atoms with van der Waals surface area (Å²) in [5.74, 6) is 0. The van der Waals surface area contributed by atoms with Gasteiger partial charge < -0.3 is 8.82 Å². The zero-order valence-corrected chi connectivity index (χ0v) is 12.4. The van der Waals surface area contributed by atoms with Crippen molar-refractivity contribution in [2.75, 3.05) is 0 Å². The lowest BCUT2D eigenvalue weighted by Gasteiger charge is -2.00. The first-order valence-corrected chi connectivity index (χ1v) is 7.17. The maximum absolute atomic E-state index is 12.2. The highest BCUT2D eigenvalue weighted by atomic mass is 79.9. The second-order valence-electron chi connectivity index (χ2n) is 4.72. The topological polar surface area (TPSA) is 47.5 Å². The van der Waals surface area contributed by atoms with Crippen molar-refractivity contribution in [2.45, 2.75) is 0 Å². The van der Waals surface area contributed by atoms with Crippen molar-refractivity contribution < 1.29 is 4.42 Å². The van der Waals surface area contributed by atoms with Crippen LogP contribution in [0.4, 0.5) is 0 Å². The predicted octanol–water partition coefficient (Wildman–Crippen LogP) is 3.87. The Labute approximate surface area is 127 Å². The molecule has 0 aliphatic heterocycles. The quantitative estimate of drug-likeness (QED) is 0.494. The van der Waals surface area contributed by atoms with E-state index in [1.165, 1.54) is 0 Å². The molecule has 0 N–H and O–H groups in total. The van der Waals surface area contributed by atoms with E-state index in [1.54, 1.807) is 6.07 Å². The second kappa shape index (κ2) is 4.56. The minimum absolute atomic E-state index is 0.385. The molecule has 0 unspecified atom stereocenters. The minimum Gasteiger partial charge on any atom is -0.422 e. The van der Waals surface area contributed by atoms with Crippen molar-refractivity contribution in [2.24, 2.45) is 0 Å². The molecule has 0 atom stereocenters. The standard InChI is InChI=1S/C16H9BrN2O2/c17-11-5-4-10-7-12(16(20)21-14(10)8-11)13-9-19-6-2-1-3-15(19)18-13/h1-9H. The smallest absolute Gasteiger partial charge is 0.345 e. The van der Waals surface area contributed by atoms with Crippen molar-refractivity contribution in [1.29, 1.82) is 0 Å². The number of nitrogens with zero attached hydrogens (tertiary/aromatic N) is 2. The Morgan fingerprint density at radius 3 is 2.90 bits per heavy atom. The lowest BCUT2D eigenvalue weighted by atomic mass is 10.1. The van der Waals surface area contributed by atoms with E-state index in [0.717, 1.165) is 15.5 Å². The molecule has 4 rings (SSSR count). The Balaban J connectivity index is 1.99. The Kier molecular flexibility index (Phi) is 2.68. The van der Waals surface area contributed by atoms with Gasteiger partial charge in [-0.3, -0.25) is 0 Å². The van der Waals surface area contributed by atoms with E-state index in [9.17, 15) is 4.79 Å². The molecule has 0 bridgehead atoms. The average Bonchev–Trinajstić information content (AvgIpc) is 2.90. The zero-order valence-electron chi connectivity index (χ0n) is 10.8. The van der Waals surface area contributed by atoms with E-state index in [0.29, 0.717) is 16.8 Å². The molecule has 1 aromatic carbocycles. The van der Waals surface area contributed by atoms with Crippen LogP contribution in [-0.4, -0.2) is 9.38 Å². The molecule has 4 aromatic rings. The SMILES string of the molecule is O=c1oc2cc(Br)ccc2cc1-c1cn2ccccc2n1. The average molecular weight is 341 g/mol. The Morgan fingerprint density at radius 1 is 1.14 bits per heavy atom. The maximum Gasteiger partial charge on any atom is 0.345 e. The summed E-state index contributed by atoms with van der Waals surface area (Å²) >= 11 is 3.37. The molecule has 3 heterocycles. The molecule has 0 saturated carbocycles. The fourth-order valence-electron chi connectivity index (χ4n) is 2.33. The largest absolute Gasteiger partial charge is 0.422 e. The number of halogens is 1. The number of fused-ring (bicyclic) bond motifs is 2. The lowest BCUT2D eigenvalue weighted by molar-refractivity contribution is 0.563. The first-order valence-electron chi connectivity index (χ1n) is 6.38. The highest BCUT2D eigenvalue weighted by Gasteiger charge is 2.11. The van der Waals surface area contributed by atoms with Gasteiger partial charge in [-0.2, -0.15) is 0 Å². The van der Waals surface area contributed by atoms with E-state index >= 15 is 0 Å². The van der Waals surface area contributed by atoms with Gasteiger partial charge in [-0.15, -0.1) is 0 Å². The van der Waals surface area contributed by atoms with Crippen molar-refractivity contribution in [3.8, 4) is 11.3 Å². The van der Waals surface area contributed by atoms with Crippen LogP contribution in [-0.2, 0) is 0 Å². The molecule has 0 aliphatic rings. The van der Waals surface area contributed by atoms with Gasteiger partial charge in [0.2, 0.25) is 0 Å². The number of aromatic nitrogens is 2. The molecule has 0 saturated heterocycles. The van der Waals surface area contributed by atoms with Crippen LogP contribution in [0, 0.1) is 0 Å². The van der Waals surface area contributed by atoms with Gasteiger partial charge in [0.05, 0.1) is 11.3 Å². The highest BCUT2D eigenvalue weighted by molar-refractivity contribution is 9.10. The fourth-order valence-corrected chi connectivity index (χ4v) is 2.67. The van der Waals surface area contributed by atoms with Crippen LogP contribution in [0.2, 0.25) is 0 Å². The van der Waals surface area contributed by atoms with E-state index < -0.39 is 0 Å². The molecule has 3 aromatic heterocycles. The second-order valence-corrected chi connectivity index (χ2v) is 5.64. The van der Waals surface area contributed by atoms with Crippen LogP contribution in [0.3, 0.4) is 0 Å². The van der Waals surface area contributed by atoms with Crippen LogP contribution < -0.4 is 5.63 Å². The maximum atomic E-state index is 12.2. The van der Waals surface area contributed by atoms with Crippen molar-refractivity contribution in [1.82, 2.24) is 9.38 Å². The molecular weight excluding hydrogens is 332 g/mol. The summed E-state index contributed by atoms with van der Waals surface area (Å²) in [5, 5.41) is 0.866. The Morgan fingerprint density at radius 2 is 2.05 bits per heavy atom. The van der Waals surface area contributed by atoms with Gasteiger partial charge in [0.15, 0.2) is 0 Å². The molecule has 0 spiro atoms. The minimum atomic E-state index is -0.385. The number of pyridine rings is 1. The van der Waals surface area contributed by atoms with E-state index in [2.05, 4.69) is 20.9 Å². The molecule has 5 heteroatoms. The third-order valence-electron chi connectivity index (χ3n) is 3.34. The van der Waals surface area contributed by atoms with Crippen LogP contribution in [0.25, 0.3) is 27.9 Å². The molecule has 4 nitrogen and oxygen atoms in total. The third-order valence-corrected chi connectivity index (χ3v) is 3.83. The van der Waals surface area contributed by atoms with Crippen LogP contribution >= 0.6 is 15.9 Å². The number of hydrogen-bond acceptors (Lipinski definition) is 3. The first kappa shape index (κ1) is 12.3. The third kappa shape index (κ3) is 2.06. The highest BCUT2D eigenvalue weighted by Crippen LogP contribution is 2.23. The van der Waals surface area contributed by atoms with Crippen molar-refractivity contribution in [3.05, 3.63) is 69.8 Å². The summed E-state index contributed by atoms with van der Waals surface area (Å²) in [7, 11) is 0. The zero-order chi connectivity index (χ0) is 14.4. The number of benzene rings is 1. The molecule has 0 amide bonds. The van der Waals surface area contributed by atoms with Crippen molar-refractivity contribution in [3.63, 3.8) is 0 Å². The van der Waals surface area contributed by atoms with Crippen LogP contribution in [0.15, 0.2) is 68.5 Å². The van der Waals surface area contributed by atoms with Gasteiger partial charge in [-0.05, 0) is 30.3 Å². The Hall–Kier alpha value is -2.40. The molecule has 0 aliphatic carbocycles. The fraction of sp³-hybridized carbons (Fsp3) is 0. The number of imidazole rings is 1. The van der Waals surface area contributed by atoms with Gasteiger partial charge >= 0.3 is 5.63 Å². The molecule has 0 fully saturated rings. The van der Waals surface area contributed by atoms with Gasteiger partial charge in [0, 0.05) is 22.3 Å². The number of rotatable bonds is 1. The molecule has 0 radical (unpaired) electrons. The molecular formula is C16H9BrN2O2. The Bertz CT molecular complexity index is 1000. The predicted molar refractivity (Wildman–Crippen MR) is 84.4 cm³/mol. The molecule has 102 valence electrons. The van der Waals surface area contributed by atoms with Crippen LogP contribution in [0.5, 0.6) is 0 Å². The van der Waals surface area contributed by atoms with Gasteiger partial charge in [-0.1, -0.05) is 28.1 Å². The van der Waals surface area contributed by atoms with Gasteiger partial charge in [0.1, 0.15) is 11.2 Å². The summed E-state index contributed by atoms with van der Waals surface area (Å²) in [6.07, 6.45) is 3.72. The van der Waals surface area contributed by atoms with Crippen LogP contribution in [0.1, 0.15) is 0 Å². The summed E-state index contributed by atoms with van der Waals surface area (Å²) in [6.45, 7) is 0. The summed E-state index contributed by atoms with van der Waals surface area (Å²) in [4.78, 5) is 16.7. The lowest BCUT2D eigenvalue weighted by Crippen LogP contribution is -2.02. The number of hydrogen-bond donors (Lipinski definition) is 0. The summed E-state index contributed by atoms with van der Waals surface area (Å²) < 4.78 is 8.14. The van der Waals surface area contributed by atoms with Gasteiger partial charge in [-0.25, -0.2) is 9.78 Å². The normalized spacial score (nSPS) is 11.3. The van der Waals surface area contributed by atoms with Crippen molar-refractivity contribution >= 4 is 32.5 Å². The molecule has 21 heavy (non-hydrogen) atoms. The summed E-state index contributed by atoms with van der Waals surface area (Å²) in [5.41, 5.74) is 2.04. The first-order chi connectivity index (χ1) is 10.2. The van der Waals surface area contributed by atoms with E-state index in [-0.39, 0.29) is 5.63 Å².